The molecule has 0 spiro atoms. The minimum Gasteiger partial charge on any atom is -0.478 e. The molecule has 2 aromatic rings. The van der Waals surface area contributed by atoms with Gasteiger partial charge in [0.05, 0.1) is 18.4 Å². The maximum atomic E-state index is 12.1. The van der Waals surface area contributed by atoms with Gasteiger partial charge in [0.25, 0.3) is 0 Å². The van der Waals surface area contributed by atoms with Crippen LogP contribution in [0.4, 0.5) is 9.80 Å². The van der Waals surface area contributed by atoms with Gasteiger partial charge in [-0.15, -0.1) is 11.3 Å². The molecule has 2 N–H and O–H groups in total. The van der Waals surface area contributed by atoms with Gasteiger partial charge >= 0.3 is 12.0 Å². The van der Waals surface area contributed by atoms with E-state index in [9.17, 15) is 9.59 Å². The maximum Gasteiger partial charge on any atom is 0.338 e. The van der Waals surface area contributed by atoms with Crippen molar-refractivity contribution in [2.24, 2.45) is 0 Å². The summed E-state index contributed by atoms with van der Waals surface area (Å²) >= 11 is 1.18. The van der Waals surface area contributed by atoms with Crippen molar-refractivity contribution in [2.45, 2.75) is 13.5 Å². The second kappa shape index (κ2) is 6.25. The first-order valence-corrected chi connectivity index (χ1v) is 6.89. The average Bonchev–Trinajstić information content (AvgIpc) is 3.06. The molecule has 0 saturated carbocycles. The van der Waals surface area contributed by atoms with Gasteiger partial charge in [-0.1, -0.05) is 0 Å². The second-order valence-electron chi connectivity index (χ2n) is 3.99. The Morgan fingerprint density at radius 3 is 2.85 bits per heavy atom. The number of thiophene rings is 1. The Bertz CT molecular complexity index is 591. The summed E-state index contributed by atoms with van der Waals surface area (Å²) in [7, 11) is 0. The van der Waals surface area contributed by atoms with Crippen LogP contribution < -0.4 is 5.32 Å². The summed E-state index contributed by atoms with van der Waals surface area (Å²) in [6.45, 7) is 2.67. The first-order chi connectivity index (χ1) is 9.61. The Hall–Kier alpha value is -2.28. The molecule has 0 aliphatic carbocycles. The minimum absolute atomic E-state index is 0.0948. The van der Waals surface area contributed by atoms with Gasteiger partial charge in [-0.3, -0.25) is 5.32 Å². The first-order valence-electron chi connectivity index (χ1n) is 6.01. The molecule has 2 aromatic heterocycles. The number of hydrogen-bond donors (Lipinski definition) is 2. The molecule has 20 heavy (non-hydrogen) atoms. The molecule has 0 radical (unpaired) electrons. The lowest BCUT2D eigenvalue weighted by Gasteiger charge is -2.19. The van der Waals surface area contributed by atoms with Gasteiger partial charge in [-0.2, -0.15) is 0 Å². The quantitative estimate of drug-likeness (QED) is 0.887. The molecule has 0 atom stereocenters. The van der Waals surface area contributed by atoms with E-state index in [1.54, 1.807) is 23.8 Å². The third kappa shape index (κ3) is 3.18. The molecule has 7 heteroatoms. The largest absolute Gasteiger partial charge is 0.478 e. The minimum atomic E-state index is -1.06. The first kappa shape index (κ1) is 14.1. The highest BCUT2D eigenvalue weighted by Gasteiger charge is 2.18. The molecule has 0 bridgehead atoms. The molecule has 2 rings (SSSR count). The van der Waals surface area contributed by atoms with E-state index < -0.39 is 5.97 Å². The number of amides is 2. The van der Waals surface area contributed by atoms with Gasteiger partial charge < -0.3 is 14.4 Å². The summed E-state index contributed by atoms with van der Waals surface area (Å²) in [4.78, 5) is 24.6. The topological polar surface area (TPSA) is 82.8 Å². The zero-order valence-corrected chi connectivity index (χ0v) is 11.6. The van der Waals surface area contributed by atoms with E-state index >= 15 is 0 Å². The number of carboxylic acid groups (broad SMARTS) is 1. The van der Waals surface area contributed by atoms with Crippen LogP contribution in [0.3, 0.4) is 0 Å². The van der Waals surface area contributed by atoms with E-state index in [-0.39, 0.29) is 11.6 Å². The lowest BCUT2D eigenvalue weighted by atomic mass is 10.3. The van der Waals surface area contributed by atoms with Crippen LogP contribution in [0.1, 0.15) is 23.0 Å². The van der Waals surface area contributed by atoms with Crippen LogP contribution in [-0.2, 0) is 6.54 Å². The Kier molecular flexibility index (Phi) is 4.41. The normalized spacial score (nSPS) is 10.2. The fourth-order valence-corrected chi connectivity index (χ4v) is 2.44. The summed E-state index contributed by atoms with van der Waals surface area (Å²) in [6, 6.07) is 4.65. The number of hydrogen-bond acceptors (Lipinski definition) is 4. The molecule has 0 saturated heterocycles. The molecule has 0 aliphatic rings. The number of urea groups is 1. The van der Waals surface area contributed by atoms with E-state index in [1.165, 1.54) is 22.3 Å². The molecular formula is C13H14N2O4S. The molecule has 0 fully saturated rings. The number of carboxylic acids is 1. The third-order valence-electron chi connectivity index (χ3n) is 2.71. The molecule has 106 valence electrons. The molecule has 0 aromatic carbocycles. The number of furan rings is 1. The summed E-state index contributed by atoms with van der Waals surface area (Å²) in [5.74, 6) is -0.387. The number of rotatable bonds is 5. The van der Waals surface area contributed by atoms with Gasteiger partial charge in [0.15, 0.2) is 0 Å². The van der Waals surface area contributed by atoms with Crippen LogP contribution in [0.25, 0.3) is 0 Å². The number of nitrogens with zero attached hydrogens (tertiary/aromatic N) is 1. The smallest absolute Gasteiger partial charge is 0.338 e. The summed E-state index contributed by atoms with van der Waals surface area (Å²) in [5, 5.41) is 13.6. The average molecular weight is 294 g/mol. The number of carbonyl (C=O) groups is 2. The van der Waals surface area contributed by atoms with Crippen molar-refractivity contribution in [3.05, 3.63) is 41.2 Å². The van der Waals surface area contributed by atoms with Gasteiger partial charge in [-0.25, -0.2) is 9.59 Å². The number of nitrogens with one attached hydrogen (secondary N) is 1. The van der Waals surface area contributed by atoms with Crippen molar-refractivity contribution in [1.82, 2.24) is 4.90 Å². The summed E-state index contributed by atoms with van der Waals surface area (Å²) in [6.07, 6.45) is 1.54. The van der Waals surface area contributed by atoms with Crippen LogP contribution in [0.5, 0.6) is 0 Å². The molecule has 2 amide bonds. The SMILES string of the molecule is CCN(Cc1ccco1)C(=O)Nc1sccc1C(=O)O. The zero-order chi connectivity index (χ0) is 14.5. The van der Waals surface area contributed by atoms with Crippen molar-refractivity contribution in [1.29, 1.82) is 0 Å². The Labute approximate surface area is 119 Å². The highest BCUT2D eigenvalue weighted by atomic mass is 32.1. The predicted molar refractivity (Wildman–Crippen MR) is 75.1 cm³/mol. The van der Waals surface area contributed by atoms with E-state index in [0.717, 1.165) is 0 Å². The van der Waals surface area contributed by atoms with Gasteiger partial charge in [0.2, 0.25) is 0 Å². The molecule has 6 nitrogen and oxygen atoms in total. The van der Waals surface area contributed by atoms with Crippen molar-refractivity contribution in [3.63, 3.8) is 0 Å². The lowest BCUT2D eigenvalue weighted by Crippen LogP contribution is -2.34. The third-order valence-corrected chi connectivity index (χ3v) is 3.54. The maximum absolute atomic E-state index is 12.1. The van der Waals surface area contributed by atoms with Crippen molar-refractivity contribution >= 4 is 28.3 Å². The van der Waals surface area contributed by atoms with E-state index in [2.05, 4.69) is 5.32 Å². The summed E-state index contributed by atoms with van der Waals surface area (Å²) in [5.41, 5.74) is 0.0948. The highest BCUT2D eigenvalue weighted by molar-refractivity contribution is 7.14. The number of anilines is 1. The zero-order valence-electron chi connectivity index (χ0n) is 10.8. The molecule has 0 aliphatic heterocycles. The molecular weight excluding hydrogens is 280 g/mol. The fourth-order valence-electron chi connectivity index (χ4n) is 1.67. The van der Waals surface area contributed by atoms with Gasteiger partial charge in [-0.05, 0) is 30.5 Å². The van der Waals surface area contributed by atoms with Gasteiger partial charge in [0, 0.05) is 6.54 Å². The van der Waals surface area contributed by atoms with Crippen molar-refractivity contribution in [3.8, 4) is 0 Å². The van der Waals surface area contributed by atoms with Crippen LogP contribution >= 0.6 is 11.3 Å². The second-order valence-corrected chi connectivity index (χ2v) is 4.91. The van der Waals surface area contributed by atoms with Crippen LogP contribution in [0.15, 0.2) is 34.3 Å². The van der Waals surface area contributed by atoms with E-state index in [1.807, 2.05) is 6.92 Å². The van der Waals surface area contributed by atoms with Gasteiger partial charge in [0.1, 0.15) is 10.8 Å². The van der Waals surface area contributed by atoms with E-state index in [4.69, 9.17) is 9.52 Å². The summed E-state index contributed by atoms with van der Waals surface area (Å²) < 4.78 is 5.20. The Balaban J connectivity index is 2.05. The van der Waals surface area contributed by atoms with Crippen LogP contribution in [0, 0.1) is 0 Å². The molecule has 0 unspecified atom stereocenters. The van der Waals surface area contributed by atoms with Crippen molar-refractivity contribution < 1.29 is 19.1 Å². The fraction of sp³-hybridized carbons (Fsp3) is 0.231. The van der Waals surface area contributed by atoms with Crippen LogP contribution in [-0.4, -0.2) is 28.6 Å². The standard InChI is InChI=1S/C13H14N2O4S/c1-2-15(8-9-4-3-6-19-9)13(18)14-11-10(12(16)17)5-7-20-11/h3-7H,2,8H2,1H3,(H,14,18)(H,16,17). The predicted octanol–water partition coefficient (Wildman–Crippen LogP) is 3.09. The number of carbonyl (C=O) groups excluding carboxylic acids is 1. The van der Waals surface area contributed by atoms with E-state index in [0.29, 0.717) is 23.9 Å². The molecule has 2 heterocycles. The van der Waals surface area contributed by atoms with Crippen LogP contribution in [0.2, 0.25) is 0 Å². The highest BCUT2D eigenvalue weighted by Crippen LogP contribution is 2.23. The monoisotopic (exact) mass is 294 g/mol. The van der Waals surface area contributed by atoms with Crippen molar-refractivity contribution in [2.75, 3.05) is 11.9 Å². The number of aromatic carboxylic acids is 1. The Morgan fingerprint density at radius 2 is 2.25 bits per heavy atom. The Morgan fingerprint density at radius 1 is 1.45 bits per heavy atom. The lowest BCUT2D eigenvalue weighted by molar-refractivity contribution is 0.0698.